The number of methoxy groups -OCH3 is 1. The molecule has 2 unspecified atom stereocenters. The molecule has 50 heavy (non-hydrogen) atoms. The standard InChI is InChI=1S/C37H48N8O5/c1-4-6-22-50-36-41-33(38)32-34(42-36)45(37(48)40-32)30-25-44(21-20-43(30)19-10-14-26-12-8-7-9-13-26)29(11-5-2)35(47)39-24-28-17-15-27(16-18-28)23-31(46)49-3/h7-10,12-18,29-30H,4-6,11,19-25H2,1-3H3,(H,39,47)(H,40,48)(H2,38,41,42)/b14-10+. The van der Waals surface area contributed by atoms with E-state index in [9.17, 15) is 14.4 Å². The van der Waals surface area contributed by atoms with E-state index in [0.717, 1.165) is 36.0 Å². The number of nitrogens with two attached hydrogens (primary N) is 1. The lowest BCUT2D eigenvalue weighted by molar-refractivity contribution is -0.139. The predicted molar refractivity (Wildman–Crippen MR) is 193 cm³/mol. The highest BCUT2D eigenvalue weighted by atomic mass is 16.5. The Kier molecular flexibility index (Phi) is 12.8. The van der Waals surface area contributed by atoms with E-state index in [1.54, 1.807) is 4.57 Å². The minimum absolute atomic E-state index is 0.0777. The molecule has 2 atom stereocenters. The summed E-state index contributed by atoms with van der Waals surface area (Å²) in [6, 6.07) is 17.3. The summed E-state index contributed by atoms with van der Waals surface area (Å²) in [4.78, 5) is 55.3. The van der Waals surface area contributed by atoms with Crippen molar-refractivity contribution >= 4 is 34.9 Å². The Labute approximate surface area is 292 Å². The molecule has 4 N–H and O–H groups in total. The number of rotatable bonds is 16. The molecule has 1 fully saturated rings. The number of H-pyrrole nitrogens is 1. The first-order valence-electron chi connectivity index (χ1n) is 17.3. The average molecular weight is 685 g/mol. The molecule has 0 saturated carbocycles. The molecule has 1 saturated heterocycles. The molecule has 5 rings (SSSR count). The summed E-state index contributed by atoms with van der Waals surface area (Å²) in [5.74, 6) is -0.237. The normalized spacial score (nSPS) is 16.1. The number of unbranched alkanes of at least 4 members (excludes halogenated alkanes) is 1. The molecular formula is C37H48N8O5. The monoisotopic (exact) mass is 684 g/mol. The zero-order valence-electron chi connectivity index (χ0n) is 29.1. The summed E-state index contributed by atoms with van der Waals surface area (Å²) in [7, 11) is 1.37. The van der Waals surface area contributed by atoms with Crippen molar-refractivity contribution in [1.82, 2.24) is 34.6 Å². The molecule has 1 aliphatic heterocycles. The lowest BCUT2D eigenvalue weighted by Gasteiger charge is -2.43. The highest BCUT2D eigenvalue weighted by Crippen LogP contribution is 2.27. The van der Waals surface area contributed by atoms with Crippen LogP contribution in [0.15, 0.2) is 65.5 Å². The number of esters is 1. The number of aromatic amines is 1. The molecule has 266 valence electrons. The summed E-state index contributed by atoms with van der Waals surface area (Å²) in [6.07, 6.45) is 7.13. The predicted octanol–water partition coefficient (Wildman–Crippen LogP) is 3.91. The number of anilines is 1. The number of carbonyl (C=O) groups excluding carboxylic acids is 2. The van der Waals surface area contributed by atoms with Gasteiger partial charge in [0.1, 0.15) is 11.7 Å². The van der Waals surface area contributed by atoms with Gasteiger partial charge in [0.2, 0.25) is 5.91 Å². The molecule has 13 nitrogen and oxygen atoms in total. The molecule has 1 aliphatic rings. The van der Waals surface area contributed by atoms with E-state index >= 15 is 0 Å². The van der Waals surface area contributed by atoms with Crippen LogP contribution in [0.2, 0.25) is 0 Å². The number of nitrogens with zero attached hydrogens (tertiary/aromatic N) is 5. The fourth-order valence-corrected chi connectivity index (χ4v) is 6.18. The maximum Gasteiger partial charge on any atom is 0.329 e. The van der Waals surface area contributed by atoms with Crippen LogP contribution in [-0.4, -0.2) is 87.1 Å². The maximum absolute atomic E-state index is 13.8. The van der Waals surface area contributed by atoms with E-state index in [1.165, 1.54) is 7.11 Å². The van der Waals surface area contributed by atoms with Gasteiger partial charge in [0.25, 0.3) is 0 Å². The molecule has 0 spiro atoms. The van der Waals surface area contributed by atoms with E-state index in [1.807, 2.05) is 54.6 Å². The average Bonchev–Trinajstić information content (AvgIpc) is 3.46. The SMILES string of the molecule is CCCCOc1nc(N)c2[nH]c(=O)n(C3CN(C(CCC)C(=O)NCc4ccc(CC(=O)OC)cc4)CCN3C/C=C/c3ccccc3)c2n1. The van der Waals surface area contributed by atoms with Gasteiger partial charge in [-0.1, -0.05) is 93.4 Å². The van der Waals surface area contributed by atoms with E-state index < -0.39 is 12.2 Å². The third-order valence-corrected chi connectivity index (χ3v) is 8.92. The lowest BCUT2D eigenvalue weighted by Crippen LogP contribution is -2.57. The van der Waals surface area contributed by atoms with Crippen molar-refractivity contribution in [3.8, 4) is 6.01 Å². The Morgan fingerprint density at radius 2 is 1.82 bits per heavy atom. The van der Waals surface area contributed by atoms with Crippen LogP contribution in [0.3, 0.4) is 0 Å². The minimum Gasteiger partial charge on any atom is -0.469 e. The summed E-state index contributed by atoms with van der Waals surface area (Å²) in [6.45, 7) is 7.14. The smallest absolute Gasteiger partial charge is 0.329 e. The number of aromatic nitrogens is 4. The number of benzene rings is 2. The number of amides is 1. The maximum atomic E-state index is 13.8. The molecule has 2 aromatic heterocycles. The third-order valence-electron chi connectivity index (χ3n) is 8.92. The van der Waals surface area contributed by atoms with Crippen molar-refractivity contribution in [2.24, 2.45) is 0 Å². The van der Waals surface area contributed by atoms with Gasteiger partial charge in [-0.25, -0.2) is 4.79 Å². The van der Waals surface area contributed by atoms with Gasteiger partial charge in [0.05, 0.1) is 26.2 Å². The number of carbonyl (C=O) groups is 2. The molecule has 4 aromatic rings. The van der Waals surface area contributed by atoms with Crippen LogP contribution in [0.5, 0.6) is 6.01 Å². The number of ether oxygens (including phenoxy) is 2. The van der Waals surface area contributed by atoms with Crippen molar-refractivity contribution in [1.29, 1.82) is 0 Å². The van der Waals surface area contributed by atoms with Gasteiger partial charge in [0, 0.05) is 32.7 Å². The topological polar surface area (TPSA) is 161 Å². The fourth-order valence-electron chi connectivity index (χ4n) is 6.18. The molecule has 2 aromatic carbocycles. The van der Waals surface area contributed by atoms with E-state index in [2.05, 4.69) is 56.1 Å². The third kappa shape index (κ3) is 9.16. The van der Waals surface area contributed by atoms with Crippen molar-refractivity contribution in [3.05, 3.63) is 87.8 Å². The number of fused-ring (bicyclic) bond motifs is 1. The first-order valence-corrected chi connectivity index (χ1v) is 17.3. The summed E-state index contributed by atoms with van der Waals surface area (Å²) < 4.78 is 12.2. The van der Waals surface area contributed by atoms with Crippen LogP contribution in [-0.2, 0) is 27.3 Å². The van der Waals surface area contributed by atoms with Crippen LogP contribution in [0.1, 0.15) is 62.4 Å². The number of nitrogen functional groups attached to an aromatic ring is 1. The van der Waals surface area contributed by atoms with Crippen LogP contribution < -0.4 is 21.5 Å². The Hall–Kier alpha value is -5.01. The molecule has 0 bridgehead atoms. The zero-order valence-corrected chi connectivity index (χ0v) is 29.1. The number of piperazine rings is 1. The Morgan fingerprint density at radius 1 is 1.06 bits per heavy atom. The van der Waals surface area contributed by atoms with Gasteiger partial charge >= 0.3 is 17.7 Å². The summed E-state index contributed by atoms with van der Waals surface area (Å²) in [5.41, 5.74) is 9.52. The van der Waals surface area contributed by atoms with E-state index in [4.69, 9.17) is 15.2 Å². The minimum atomic E-state index is -0.460. The van der Waals surface area contributed by atoms with Crippen molar-refractivity contribution in [2.45, 2.75) is 64.7 Å². The second kappa shape index (κ2) is 17.6. The highest BCUT2D eigenvalue weighted by molar-refractivity contribution is 5.82. The largest absolute Gasteiger partial charge is 0.469 e. The molecule has 0 radical (unpaired) electrons. The fraction of sp³-hybridized carbons (Fsp3) is 0.432. The van der Waals surface area contributed by atoms with Gasteiger partial charge in [-0.2, -0.15) is 9.97 Å². The van der Waals surface area contributed by atoms with Crippen molar-refractivity contribution in [3.63, 3.8) is 0 Å². The Bertz CT molecular complexity index is 1800. The second-order valence-electron chi connectivity index (χ2n) is 12.5. The highest BCUT2D eigenvalue weighted by Gasteiger charge is 2.36. The summed E-state index contributed by atoms with van der Waals surface area (Å²) >= 11 is 0. The number of nitrogens with one attached hydrogen (secondary N) is 2. The first kappa shape index (κ1) is 36.3. The van der Waals surface area contributed by atoms with Crippen LogP contribution >= 0.6 is 0 Å². The van der Waals surface area contributed by atoms with E-state index in [-0.39, 0.29) is 35.8 Å². The Balaban J connectivity index is 1.39. The van der Waals surface area contributed by atoms with Crippen LogP contribution in [0, 0.1) is 0 Å². The van der Waals surface area contributed by atoms with Gasteiger partial charge in [0.15, 0.2) is 11.5 Å². The summed E-state index contributed by atoms with van der Waals surface area (Å²) in [5, 5.41) is 3.12. The van der Waals surface area contributed by atoms with Crippen LogP contribution in [0.4, 0.5) is 5.82 Å². The Morgan fingerprint density at radius 3 is 2.54 bits per heavy atom. The number of hydrogen-bond donors (Lipinski definition) is 3. The molecular weight excluding hydrogens is 636 g/mol. The molecule has 3 heterocycles. The van der Waals surface area contributed by atoms with Gasteiger partial charge < -0.3 is 25.5 Å². The van der Waals surface area contributed by atoms with Crippen LogP contribution in [0.25, 0.3) is 17.2 Å². The quantitative estimate of drug-likeness (QED) is 0.117. The van der Waals surface area contributed by atoms with Crippen molar-refractivity contribution < 1.29 is 19.1 Å². The second-order valence-corrected chi connectivity index (χ2v) is 12.5. The first-order chi connectivity index (χ1) is 24.3. The van der Waals surface area contributed by atoms with E-state index in [0.29, 0.717) is 56.9 Å². The van der Waals surface area contributed by atoms with Crippen molar-refractivity contribution in [2.75, 3.05) is 45.6 Å². The van der Waals surface area contributed by atoms with Gasteiger partial charge in [-0.3, -0.25) is 24.0 Å². The van der Waals surface area contributed by atoms with Gasteiger partial charge in [-0.15, -0.1) is 0 Å². The zero-order chi connectivity index (χ0) is 35.5. The number of imidazole rings is 1. The number of hydrogen-bond acceptors (Lipinski definition) is 10. The lowest BCUT2D eigenvalue weighted by atomic mass is 10.1. The van der Waals surface area contributed by atoms with Gasteiger partial charge in [-0.05, 0) is 29.5 Å². The molecule has 13 heteroatoms. The molecule has 1 amide bonds. The molecule has 0 aliphatic carbocycles.